The van der Waals surface area contributed by atoms with E-state index in [1.54, 1.807) is 30.3 Å². The first-order valence-corrected chi connectivity index (χ1v) is 8.71. The minimum absolute atomic E-state index is 0.00120. The van der Waals surface area contributed by atoms with Crippen LogP contribution in [0.3, 0.4) is 0 Å². The number of anilines is 2. The summed E-state index contributed by atoms with van der Waals surface area (Å²) in [6.45, 7) is 0. The standard InChI is InChI=1S/C16H9ClF3N3O2S/c17-26-21-13-14(24)23(12-8-6-10(7-9-12)16(18,19)20)15(25)22(13)11-4-2-1-3-5-11/h1-9H. The Morgan fingerprint density at radius 3 is 2.00 bits per heavy atom. The van der Waals surface area contributed by atoms with Crippen molar-refractivity contribution in [3.63, 3.8) is 0 Å². The minimum Gasteiger partial charge on any atom is -0.264 e. The number of nitrogens with zero attached hydrogens (tertiary/aromatic N) is 3. The van der Waals surface area contributed by atoms with Crippen molar-refractivity contribution in [1.82, 2.24) is 0 Å². The van der Waals surface area contributed by atoms with Gasteiger partial charge in [-0.3, -0.25) is 4.79 Å². The van der Waals surface area contributed by atoms with E-state index in [2.05, 4.69) is 4.40 Å². The van der Waals surface area contributed by atoms with E-state index in [1.807, 2.05) is 0 Å². The molecule has 134 valence electrons. The summed E-state index contributed by atoms with van der Waals surface area (Å²) < 4.78 is 41.9. The van der Waals surface area contributed by atoms with Gasteiger partial charge in [-0.15, -0.1) is 0 Å². The highest BCUT2D eigenvalue weighted by molar-refractivity contribution is 8.20. The highest BCUT2D eigenvalue weighted by Gasteiger charge is 2.44. The van der Waals surface area contributed by atoms with Crippen molar-refractivity contribution in [3.05, 3.63) is 60.2 Å². The first kappa shape index (κ1) is 18.3. The van der Waals surface area contributed by atoms with E-state index >= 15 is 0 Å². The van der Waals surface area contributed by atoms with Crippen LogP contribution in [0.1, 0.15) is 5.56 Å². The Bertz CT molecular complexity index is 873. The number of carbonyl (C=O) groups is 2. The molecule has 0 aromatic heterocycles. The lowest BCUT2D eigenvalue weighted by Crippen LogP contribution is -2.33. The number of amidine groups is 1. The maximum atomic E-state index is 12.8. The van der Waals surface area contributed by atoms with Crippen LogP contribution < -0.4 is 9.80 Å². The highest BCUT2D eigenvalue weighted by atomic mass is 35.7. The smallest absolute Gasteiger partial charge is 0.264 e. The Balaban J connectivity index is 2.02. The summed E-state index contributed by atoms with van der Waals surface area (Å²) in [5.74, 6) is -1.02. The summed E-state index contributed by atoms with van der Waals surface area (Å²) in [5.41, 5.74) is -0.506. The molecule has 0 atom stereocenters. The van der Waals surface area contributed by atoms with Gasteiger partial charge in [0.1, 0.15) is 0 Å². The number of benzene rings is 2. The van der Waals surface area contributed by atoms with Gasteiger partial charge in [-0.25, -0.2) is 14.6 Å². The molecule has 1 saturated heterocycles. The van der Waals surface area contributed by atoms with Crippen molar-refractivity contribution in [3.8, 4) is 0 Å². The van der Waals surface area contributed by atoms with Crippen molar-refractivity contribution >= 4 is 51.0 Å². The number of rotatable bonds is 3. The number of alkyl halides is 3. The molecule has 0 bridgehead atoms. The fraction of sp³-hybridized carbons (Fsp3) is 0.0625. The van der Waals surface area contributed by atoms with E-state index in [0.29, 0.717) is 16.8 Å². The average Bonchev–Trinajstić information content (AvgIpc) is 2.86. The second-order valence-electron chi connectivity index (χ2n) is 5.12. The quantitative estimate of drug-likeness (QED) is 0.546. The van der Waals surface area contributed by atoms with Crippen molar-refractivity contribution in [1.29, 1.82) is 0 Å². The van der Waals surface area contributed by atoms with Crippen molar-refractivity contribution in [2.45, 2.75) is 6.18 Å². The van der Waals surface area contributed by atoms with E-state index < -0.39 is 23.7 Å². The first-order valence-electron chi connectivity index (χ1n) is 7.11. The number of urea groups is 1. The molecular weight excluding hydrogens is 391 g/mol. The number of amides is 3. The van der Waals surface area contributed by atoms with Gasteiger partial charge in [0.25, 0.3) is 0 Å². The fourth-order valence-corrected chi connectivity index (χ4v) is 2.84. The molecule has 1 heterocycles. The molecule has 2 aromatic carbocycles. The van der Waals surface area contributed by atoms with Crippen LogP contribution in [-0.4, -0.2) is 17.8 Å². The van der Waals surface area contributed by atoms with Crippen LogP contribution in [0.4, 0.5) is 29.3 Å². The molecule has 26 heavy (non-hydrogen) atoms. The summed E-state index contributed by atoms with van der Waals surface area (Å²) in [6.07, 6.45) is -4.52. The zero-order chi connectivity index (χ0) is 18.9. The molecule has 10 heteroatoms. The third-order valence-electron chi connectivity index (χ3n) is 3.58. The van der Waals surface area contributed by atoms with E-state index in [1.165, 1.54) is 0 Å². The topological polar surface area (TPSA) is 53.0 Å². The van der Waals surface area contributed by atoms with E-state index in [9.17, 15) is 22.8 Å². The van der Waals surface area contributed by atoms with E-state index in [-0.39, 0.29) is 11.5 Å². The predicted octanol–water partition coefficient (Wildman–Crippen LogP) is 4.88. The monoisotopic (exact) mass is 399 g/mol. The third-order valence-corrected chi connectivity index (χ3v) is 4.03. The van der Waals surface area contributed by atoms with Gasteiger partial charge >= 0.3 is 18.1 Å². The van der Waals surface area contributed by atoms with Gasteiger partial charge in [-0.05, 0) is 47.1 Å². The molecule has 0 N–H and O–H groups in total. The van der Waals surface area contributed by atoms with Crippen LogP contribution in [0.2, 0.25) is 0 Å². The third kappa shape index (κ3) is 3.27. The molecule has 1 aliphatic rings. The molecule has 3 amide bonds. The molecule has 0 unspecified atom stereocenters. The van der Waals surface area contributed by atoms with Gasteiger partial charge in [0.05, 0.1) is 28.1 Å². The molecular formula is C16H9ClF3N3O2S. The average molecular weight is 400 g/mol. The number of halogens is 4. The molecule has 1 aliphatic heterocycles. The summed E-state index contributed by atoms with van der Waals surface area (Å²) in [5, 5.41) is 0. The maximum absolute atomic E-state index is 12.8. The first-order chi connectivity index (χ1) is 12.3. The van der Waals surface area contributed by atoms with Gasteiger partial charge in [-0.1, -0.05) is 18.2 Å². The Labute approximate surface area is 154 Å². The summed E-state index contributed by atoms with van der Waals surface area (Å²) in [6, 6.07) is 11.2. The lowest BCUT2D eigenvalue weighted by Gasteiger charge is -2.17. The SMILES string of the molecule is O=C1C(=NSCl)N(c2ccccc2)C(=O)N1c1ccc(C(F)(F)F)cc1. The van der Waals surface area contributed by atoms with Crippen LogP contribution in [0.15, 0.2) is 59.0 Å². The Hall–Kier alpha value is -2.52. The van der Waals surface area contributed by atoms with Crippen LogP contribution in [0.25, 0.3) is 0 Å². The normalized spacial score (nSPS) is 16.7. The molecule has 5 nitrogen and oxygen atoms in total. The molecule has 1 fully saturated rings. The van der Waals surface area contributed by atoms with Crippen molar-refractivity contribution in [2.75, 3.05) is 9.80 Å². The zero-order valence-electron chi connectivity index (χ0n) is 12.8. The lowest BCUT2D eigenvalue weighted by molar-refractivity contribution is -0.137. The Kier molecular flexibility index (Phi) is 4.92. The van der Waals surface area contributed by atoms with Gasteiger partial charge in [-0.2, -0.15) is 17.6 Å². The zero-order valence-corrected chi connectivity index (χ0v) is 14.3. The van der Waals surface area contributed by atoms with Crippen molar-refractivity contribution < 1.29 is 22.8 Å². The summed E-state index contributed by atoms with van der Waals surface area (Å²) in [7, 11) is 5.51. The summed E-state index contributed by atoms with van der Waals surface area (Å²) >= 11 is 0.476. The van der Waals surface area contributed by atoms with Gasteiger partial charge in [0.2, 0.25) is 5.84 Å². The summed E-state index contributed by atoms with van der Waals surface area (Å²) in [4.78, 5) is 27.2. The van der Waals surface area contributed by atoms with Gasteiger partial charge in [0.15, 0.2) is 0 Å². The largest absolute Gasteiger partial charge is 0.416 e. The van der Waals surface area contributed by atoms with Crippen LogP contribution in [0, 0.1) is 0 Å². The molecule has 3 rings (SSSR count). The molecule has 0 aliphatic carbocycles. The van der Waals surface area contributed by atoms with Crippen molar-refractivity contribution in [2.24, 2.45) is 4.40 Å². The number of hydrogen-bond donors (Lipinski definition) is 0. The molecule has 0 radical (unpaired) electrons. The predicted molar refractivity (Wildman–Crippen MR) is 94.1 cm³/mol. The lowest BCUT2D eigenvalue weighted by atomic mass is 10.2. The van der Waals surface area contributed by atoms with E-state index in [4.69, 9.17) is 10.7 Å². The second-order valence-corrected chi connectivity index (χ2v) is 5.86. The number of carbonyl (C=O) groups excluding carboxylic acids is 2. The fourth-order valence-electron chi connectivity index (χ4n) is 2.42. The molecule has 0 saturated carbocycles. The molecule has 2 aromatic rings. The second kappa shape index (κ2) is 7.00. The number of imide groups is 1. The number of para-hydroxylation sites is 1. The highest BCUT2D eigenvalue weighted by Crippen LogP contribution is 2.33. The Morgan fingerprint density at radius 1 is 0.885 bits per heavy atom. The van der Waals surface area contributed by atoms with Crippen LogP contribution >= 0.6 is 21.8 Å². The van der Waals surface area contributed by atoms with Crippen LogP contribution in [0.5, 0.6) is 0 Å². The van der Waals surface area contributed by atoms with Crippen LogP contribution in [-0.2, 0) is 11.0 Å². The number of hydrogen-bond acceptors (Lipinski definition) is 4. The Morgan fingerprint density at radius 2 is 1.46 bits per heavy atom. The van der Waals surface area contributed by atoms with Gasteiger partial charge < -0.3 is 0 Å². The maximum Gasteiger partial charge on any atom is 0.416 e. The van der Waals surface area contributed by atoms with E-state index in [0.717, 1.165) is 34.1 Å². The molecule has 0 spiro atoms. The van der Waals surface area contributed by atoms with Gasteiger partial charge in [0, 0.05) is 0 Å². The minimum atomic E-state index is -4.52.